The van der Waals surface area contributed by atoms with Crippen molar-refractivity contribution in [3.8, 4) is 22.6 Å². The van der Waals surface area contributed by atoms with Crippen molar-refractivity contribution >= 4 is 5.82 Å². The molecule has 1 aromatic heterocycles. The van der Waals surface area contributed by atoms with Gasteiger partial charge in [0.2, 0.25) is 0 Å². The van der Waals surface area contributed by atoms with Crippen LogP contribution in [0.3, 0.4) is 0 Å². The molecule has 0 aliphatic heterocycles. The lowest BCUT2D eigenvalue weighted by Gasteiger charge is -2.08. The Hall–Kier alpha value is -2.23. The minimum atomic E-state index is -0.141. The first-order chi connectivity index (χ1) is 7.58. The second-order valence-corrected chi connectivity index (χ2v) is 3.63. The molecule has 1 aromatic carbocycles. The lowest BCUT2D eigenvalue weighted by molar-refractivity contribution is 0.403. The van der Waals surface area contributed by atoms with Gasteiger partial charge >= 0.3 is 0 Å². The topological polar surface area (TPSA) is 79.4 Å². The number of rotatable bonds is 1. The smallest absolute Gasteiger partial charge is 0.158 e. The van der Waals surface area contributed by atoms with Crippen LogP contribution in [0.25, 0.3) is 11.1 Å². The molecule has 2 rings (SSSR count). The third kappa shape index (κ3) is 1.77. The molecule has 0 radical (unpaired) electrons. The summed E-state index contributed by atoms with van der Waals surface area (Å²) in [4.78, 5) is 3.98. The molecule has 16 heavy (non-hydrogen) atoms. The van der Waals surface area contributed by atoms with E-state index in [1.165, 1.54) is 12.1 Å². The van der Waals surface area contributed by atoms with Gasteiger partial charge in [-0.3, -0.25) is 0 Å². The number of phenolic OH excluding ortho intramolecular Hbond substituents is 2. The van der Waals surface area contributed by atoms with Gasteiger partial charge in [-0.15, -0.1) is 0 Å². The van der Waals surface area contributed by atoms with E-state index in [1.807, 2.05) is 13.0 Å². The highest BCUT2D eigenvalue weighted by Gasteiger charge is 2.07. The third-order valence-electron chi connectivity index (χ3n) is 2.42. The van der Waals surface area contributed by atoms with Crippen LogP contribution in [0.5, 0.6) is 11.5 Å². The first-order valence-electron chi connectivity index (χ1n) is 4.82. The molecule has 82 valence electrons. The molecule has 0 aliphatic rings. The highest BCUT2D eigenvalue weighted by Crippen LogP contribution is 2.33. The van der Waals surface area contributed by atoms with E-state index in [9.17, 15) is 10.2 Å². The van der Waals surface area contributed by atoms with Crippen molar-refractivity contribution in [3.05, 3.63) is 36.0 Å². The highest BCUT2D eigenvalue weighted by atomic mass is 16.3. The fraction of sp³-hybridized carbons (Fsp3) is 0.0833. The molecule has 0 aliphatic carbocycles. The average molecular weight is 216 g/mol. The van der Waals surface area contributed by atoms with Crippen molar-refractivity contribution in [2.45, 2.75) is 6.92 Å². The molecule has 2 aromatic rings. The van der Waals surface area contributed by atoms with E-state index in [4.69, 9.17) is 5.73 Å². The maximum Gasteiger partial charge on any atom is 0.158 e. The fourth-order valence-corrected chi connectivity index (χ4v) is 1.56. The molecule has 0 saturated heterocycles. The molecule has 1 heterocycles. The summed E-state index contributed by atoms with van der Waals surface area (Å²) in [5, 5.41) is 18.8. The normalized spacial score (nSPS) is 10.3. The Labute approximate surface area is 93.0 Å². The van der Waals surface area contributed by atoms with E-state index in [2.05, 4.69) is 4.98 Å². The zero-order chi connectivity index (χ0) is 11.7. The number of benzene rings is 1. The Bertz CT molecular complexity index is 521. The van der Waals surface area contributed by atoms with Crippen LogP contribution < -0.4 is 5.73 Å². The van der Waals surface area contributed by atoms with Gasteiger partial charge in [-0.25, -0.2) is 4.98 Å². The van der Waals surface area contributed by atoms with Crippen molar-refractivity contribution in [3.63, 3.8) is 0 Å². The largest absolute Gasteiger partial charge is 0.504 e. The zero-order valence-corrected chi connectivity index (χ0v) is 8.81. The van der Waals surface area contributed by atoms with Crippen molar-refractivity contribution in [1.29, 1.82) is 0 Å². The average Bonchev–Trinajstić information content (AvgIpc) is 2.25. The number of nitrogens with two attached hydrogens (primary N) is 1. The molecular weight excluding hydrogens is 204 g/mol. The second kappa shape index (κ2) is 3.73. The Morgan fingerprint density at radius 3 is 2.44 bits per heavy atom. The molecule has 4 heteroatoms. The maximum atomic E-state index is 9.45. The van der Waals surface area contributed by atoms with E-state index < -0.39 is 0 Å². The van der Waals surface area contributed by atoms with Crippen LogP contribution in [0.15, 0.2) is 30.5 Å². The lowest BCUT2D eigenvalue weighted by atomic mass is 10.0. The predicted molar refractivity (Wildman–Crippen MR) is 62.2 cm³/mol. The summed E-state index contributed by atoms with van der Waals surface area (Å²) in [6.07, 6.45) is 1.63. The third-order valence-corrected chi connectivity index (χ3v) is 2.42. The number of anilines is 1. The van der Waals surface area contributed by atoms with Crippen LogP contribution in [0.2, 0.25) is 0 Å². The molecule has 4 N–H and O–H groups in total. The van der Waals surface area contributed by atoms with Gasteiger partial charge in [-0.05, 0) is 42.3 Å². The SMILES string of the molecule is Cc1cc(O)c(O)cc1-c1ccc(N)nc1. The number of nitrogen functional groups attached to an aromatic ring is 1. The minimum absolute atomic E-state index is 0.121. The summed E-state index contributed by atoms with van der Waals surface area (Å²) < 4.78 is 0. The maximum absolute atomic E-state index is 9.45. The monoisotopic (exact) mass is 216 g/mol. The second-order valence-electron chi connectivity index (χ2n) is 3.63. The van der Waals surface area contributed by atoms with Gasteiger partial charge in [0.05, 0.1) is 0 Å². The summed E-state index contributed by atoms with van der Waals surface area (Å²) in [7, 11) is 0. The van der Waals surface area contributed by atoms with Crippen LogP contribution in [0.4, 0.5) is 5.82 Å². The fourth-order valence-electron chi connectivity index (χ4n) is 1.56. The van der Waals surface area contributed by atoms with Gasteiger partial charge in [-0.2, -0.15) is 0 Å². The van der Waals surface area contributed by atoms with E-state index in [0.29, 0.717) is 5.82 Å². The van der Waals surface area contributed by atoms with E-state index in [1.54, 1.807) is 12.3 Å². The number of hydrogen-bond acceptors (Lipinski definition) is 4. The first-order valence-corrected chi connectivity index (χ1v) is 4.82. The van der Waals surface area contributed by atoms with Crippen molar-refractivity contribution in [2.24, 2.45) is 0 Å². The number of pyridine rings is 1. The lowest BCUT2D eigenvalue weighted by Crippen LogP contribution is -1.90. The van der Waals surface area contributed by atoms with Gasteiger partial charge in [0.1, 0.15) is 5.82 Å². The number of aromatic hydroxyl groups is 2. The van der Waals surface area contributed by atoms with Gasteiger partial charge < -0.3 is 15.9 Å². The molecule has 0 spiro atoms. The Kier molecular flexibility index (Phi) is 2.40. The minimum Gasteiger partial charge on any atom is -0.504 e. The molecular formula is C12H12N2O2. The Morgan fingerprint density at radius 2 is 1.81 bits per heavy atom. The van der Waals surface area contributed by atoms with E-state index in [-0.39, 0.29) is 11.5 Å². The molecule has 0 amide bonds. The number of nitrogens with zero attached hydrogens (tertiary/aromatic N) is 1. The number of phenols is 2. The summed E-state index contributed by atoms with van der Waals surface area (Å²) in [6.45, 7) is 1.85. The predicted octanol–water partition coefficient (Wildman–Crippen LogP) is 2.05. The van der Waals surface area contributed by atoms with Crippen LogP contribution >= 0.6 is 0 Å². The molecule has 0 atom stereocenters. The molecule has 0 unspecified atom stereocenters. The van der Waals surface area contributed by atoms with Crippen LogP contribution in [0.1, 0.15) is 5.56 Å². The first kappa shape index (κ1) is 10.3. The van der Waals surface area contributed by atoms with Crippen LogP contribution in [-0.4, -0.2) is 15.2 Å². The van der Waals surface area contributed by atoms with Crippen molar-refractivity contribution in [1.82, 2.24) is 4.98 Å². The van der Waals surface area contributed by atoms with Crippen molar-refractivity contribution in [2.75, 3.05) is 5.73 Å². The molecule has 0 fully saturated rings. The quantitative estimate of drug-likeness (QED) is 0.637. The summed E-state index contributed by atoms with van der Waals surface area (Å²) in [6, 6.07) is 6.54. The molecule has 0 bridgehead atoms. The molecule has 4 nitrogen and oxygen atoms in total. The van der Waals surface area contributed by atoms with Crippen LogP contribution in [0, 0.1) is 6.92 Å². The zero-order valence-electron chi connectivity index (χ0n) is 8.81. The van der Waals surface area contributed by atoms with Gasteiger partial charge in [0, 0.05) is 11.8 Å². The summed E-state index contributed by atoms with van der Waals surface area (Å²) in [5.74, 6) is 0.187. The van der Waals surface area contributed by atoms with E-state index in [0.717, 1.165) is 16.7 Å². The number of hydrogen-bond donors (Lipinski definition) is 3. The van der Waals surface area contributed by atoms with Crippen LogP contribution in [-0.2, 0) is 0 Å². The summed E-state index contributed by atoms with van der Waals surface area (Å²) in [5.41, 5.74) is 8.03. The van der Waals surface area contributed by atoms with Gasteiger partial charge in [0.15, 0.2) is 11.5 Å². The van der Waals surface area contributed by atoms with E-state index >= 15 is 0 Å². The Morgan fingerprint density at radius 1 is 1.12 bits per heavy atom. The van der Waals surface area contributed by atoms with Crippen molar-refractivity contribution < 1.29 is 10.2 Å². The van der Waals surface area contributed by atoms with Gasteiger partial charge in [0.25, 0.3) is 0 Å². The number of aromatic nitrogens is 1. The standard InChI is InChI=1S/C12H12N2O2/c1-7-4-10(15)11(16)5-9(7)8-2-3-12(13)14-6-8/h2-6,15-16H,1H3,(H2,13,14). The number of aryl methyl sites for hydroxylation is 1. The highest BCUT2D eigenvalue weighted by molar-refractivity contribution is 5.70. The summed E-state index contributed by atoms with van der Waals surface area (Å²) >= 11 is 0. The molecule has 0 saturated carbocycles. The van der Waals surface area contributed by atoms with Gasteiger partial charge in [-0.1, -0.05) is 0 Å². The Balaban J connectivity index is 2.56.